The third-order valence-electron chi connectivity index (χ3n) is 3.90. The Bertz CT molecular complexity index is 462. The van der Waals surface area contributed by atoms with E-state index in [2.05, 4.69) is 12.2 Å². The monoisotopic (exact) mass is 276 g/mol. The van der Waals surface area contributed by atoms with Crippen molar-refractivity contribution in [3.05, 3.63) is 29.8 Å². The van der Waals surface area contributed by atoms with Crippen LogP contribution in [0.1, 0.15) is 12.5 Å². The Hall–Kier alpha value is -1.55. The first-order valence-corrected chi connectivity index (χ1v) is 7.23. The lowest BCUT2D eigenvalue weighted by atomic mass is 9.97. The lowest BCUT2D eigenvalue weighted by Crippen LogP contribution is -2.38. The van der Waals surface area contributed by atoms with Crippen LogP contribution in [-0.4, -0.2) is 44.1 Å². The summed E-state index contributed by atoms with van der Waals surface area (Å²) in [5.41, 5.74) is 1.18. The first-order valence-electron chi connectivity index (χ1n) is 7.23. The maximum Gasteiger partial charge on any atom is 0.227 e. The Morgan fingerprint density at radius 3 is 2.90 bits per heavy atom. The molecular weight excluding hydrogens is 252 g/mol. The van der Waals surface area contributed by atoms with E-state index < -0.39 is 0 Å². The van der Waals surface area contributed by atoms with Gasteiger partial charge in [-0.2, -0.15) is 0 Å². The molecule has 1 aromatic rings. The number of carbonyl (C=O) groups is 1. The molecule has 0 radical (unpaired) electrons. The van der Waals surface area contributed by atoms with E-state index in [1.807, 2.05) is 38.2 Å². The quantitative estimate of drug-likeness (QED) is 0.890. The molecule has 0 aromatic heterocycles. The number of nitrogens with one attached hydrogen (secondary N) is 1. The van der Waals surface area contributed by atoms with Gasteiger partial charge in [-0.25, -0.2) is 0 Å². The highest BCUT2D eigenvalue weighted by Crippen LogP contribution is 2.18. The van der Waals surface area contributed by atoms with Gasteiger partial charge in [-0.3, -0.25) is 4.79 Å². The average molecular weight is 276 g/mol. The van der Waals surface area contributed by atoms with E-state index in [-0.39, 0.29) is 11.8 Å². The summed E-state index contributed by atoms with van der Waals surface area (Å²) < 4.78 is 5.69. The zero-order valence-corrected chi connectivity index (χ0v) is 12.6. The molecule has 0 unspecified atom stereocenters. The molecule has 20 heavy (non-hydrogen) atoms. The van der Waals surface area contributed by atoms with Crippen LogP contribution in [0.5, 0.6) is 5.75 Å². The Labute approximate surface area is 121 Å². The van der Waals surface area contributed by atoms with Gasteiger partial charge >= 0.3 is 0 Å². The summed E-state index contributed by atoms with van der Waals surface area (Å²) in [6.45, 7) is 7.04. The molecule has 0 spiro atoms. The van der Waals surface area contributed by atoms with E-state index in [9.17, 15) is 4.79 Å². The molecule has 1 aromatic carbocycles. The SMILES string of the molecule is Cc1cccc(OCCN(C)C(=O)[C@@H]2CNC[C@H]2C)c1. The third-order valence-corrected chi connectivity index (χ3v) is 3.90. The molecule has 110 valence electrons. The topological polar surface area (TPSA) is 41.6 Å². The predicted molar refractivity (Wildman–Crippen MR) is 79.8 cm³/mol. The van der Waals surface area contributed by atoms with Crippen molar-refractivity contribution in [3.8, 4) is 5.75 Å². The van der Waals surface area contributed by atoms with Gasteiger partial charge in [0.25, 0.3) is 0 Å². The molecule has 0 saturated carbocycles. The van der Waals surface area contributed by atoms with Gasteiger partial charge in [0.1, 0.15) is 12.4 Å². The van der Waals surface area contributed by atoms with Crippen molar-refractivity contribution >= 4 is 5.91 Å². The van der Waals surface area contributed by atoms with Gasteiger partial charge in [0.15, 0.2) is 0 Å². The molecule has 4 heteroatoms. The van der Waals surface area contributed by atoms with Crippen LogP contribution >= 0.6 is 0 Å². The number of carbonyl (C=O) groups excluding carboxylic acids is 1. The molecule has 0 bridgehead atoms. The minimum absolute atomic E-state index is 0.110. The summed E-state index contributed by atoms with van der Waals surface area (Å²) in [5.74, 6) is 1.61. The standard InChI is InChI=1S/C16H24N2O2/c1-12-5-4-6-14(9-12)20-8-7-18(3)16(19)15-11-17-10-13(15)2/h4-6,9,13,15,17H,7-8,10-11H2,1-3H3/t13-,15-/m1/s1. The summed E-state index contributed by atoms with van der Waals surface area (Å²) in [7, 11) is 1.85. The van der Waals surface area contributed by atoms with E-state index >= 15 is 0 Å². The first kappa shape index (κ1) is 14.9. The summed E-state index contributed by atoms with van der Waals surface area (Å²) in [4.78, 5) is 14.1. The number of hydrogen-bond acceptors (Lipinski definition) is 3. The van der Waals surface area contributed by atoms with Crippen molar-refractivity contribution in [2.75, 3.05) is 33.3 Å². The molecule has 1 heterocycles. The fraction of sp³-hybridized carbons (Fsp3) is 0.562. The van der Waals surface area contributed by atoms with E-state index in [4.69, 9.17) is 4.74 Å². The predicted octanol–water partition coefficient (Wildman–Crippen LogP) is 1.69. The molecule has 4 nitrogen and oxygen atoms in total. The number of ether oxygens (including phenoxy) is 1. The van der Waals surface area contributed by atoms with E-state index in [1.54, 1.807) is 4.90 Å². The Balaban J connectivity index is 1.77. The molecule has 1 aliphatic heterocycles. The van der Waals surface area contributed by atoms with Crippen LogP contribution in [-0.2, 0) is 4.79 Å². The van der Waals surface area contributed by atoms with Crippen molar-refractivity contribution in [1.82, 2.24) is 10.2 Å². The van der Waals surface area contributed by atoms with Gasteiger partial charge in [-0.15, -0.1) is 0 Å². The third kappa shape index (κ3) is 3.73. The van der Waals surface area contributed by atoms with Crippen LogP contribution in [0.2, 0.25) is 0 Å². The van der Waals surface area contributed by atoms with Crippen LogP contribution in [0.25, 0.3) is 0 Å². The second-order valence-electron chi connectivity index (χ2n) is 5.67. The molecule has 2 rings (SSSR count). The minimum Gasteiger partial charge on any atom is -0.492 e. The number of amides is 1. The van der Waals surface area contributed by atoms with Crippen LogP contribution in [0.15, 0.2) is 24.3 Å². The van der Waals surface area contributed by atoms with Crippen molar-refractivity contribution in [3.63, 3.8) is 0 Å². The van der Waals surface area contributed by atoms with E-state index in [0.717, 1.165) is 18.8 Å². The number of hydrogen-bond donors (Lipinski definition) is 1. The number of nitrogens with zero attached hydrogens (tertiary/aromatic N) is 1. The highest BCUT2D eigenvalue weighted by atomic mass is 16.5. The Morgan fingerprint density at radius 1 is 1.45 bits per heavy atom. The number of aryl methyl sites for hydroxylation is 1. The normalized spacial score (nSPS) is 21.8. The van der Waals surface area contributed by atoms with Crippen LogP contribution in [0.4, 0.5) is 0 Å². The van der Waals surface area contributed by atoms with Crippen molar-refractivity contribution in [1.29, 1.82) is 0 Å². The fourth-order valence-corrected chi connectivity index (χ4v) is 2.54. The van der Waals surface area contributed by atoms with Gasteiger partial charge in [0, 0.05) is 13.6 Å². The molecule has 2 atom stereocenters. The highest BCUT2D eigenvalue weighted by Gasteiger charge is 2.31. The van der Waals surface area contributed by atoms with E-state index in [1.165, 1.54) is 5.56 Å². The first-order chi connectivity index (χ1) is 9.58. The summed E-state index contributed by atoms with van der Waals surface area (Å²) in [6, 6.07) is 7.96. The Kier molecular flexibility index (Phi) is 5.01. The Morgan fingerprint density at radius 2 is 2.25 bits per heavy atom. The zero-order valence-electron chi connectivity index (χ0n) is 12.6. The van der Waals surface area contributed by atoms with Gasteiger partial charge in [-0.1, -0.05) is 19.1 Å². The lowest BCUT2D eigenvalue weighted by molar-refractivity contribution is -0.134. The molecule has 1 amide bonds. The van der Waals surface area contributed by atoms with Gasteiger partial charge < -0.3 is 15.0 Å². The molecule has 1 saturated heterocycles. The average Bonchev–Trinajstić information content (AvgIpc) is 2.84. The molecular formula is C16H24N2O2. The smallest absolute Gasteiger partial charge is 0.227 e. The van der Waals surface area contributed by atoms with Crippen LogP contribution in [0, 0.1) is 18.8 Å². The van der Waals surface area contributed by atoms with E-state index in [0.29, 0.717) is 19.1 Å². The maximum absolute atomic E-state index is 12.3. The summed E-state index contributed by atoms with van der Waals surface area (Å²) >= 11 is 0. The number of benzene rings is 1. The lowest BCUT2D eigenvalue weighted by Gasteiger charge is -2.23. The highest BCUT2D eigenvalue weighted by molar-refractivity contribution is 5.79. The molecule has 1 fully saturated rings. The zero-order chi connectivity index (χ0) is 14.5. The van der Waals surface area contributed by atoms with Crippen LogP contribution < -0.4 is 10.1 Å². The van der Waals surface area contributed by atoms with Gasteiger partial charge in [0.05, 0.1) is 12.5 Å². The summed E-state index contributed by atoms with van der Waals surface area (Å²) in [6.07, 6.45) is 0. The van der Waals surface area contributed by atoms with Crippen LogP contribution in [0.3, 0.4) is 0 Å². The van der Waals surface area contributed by atoms with Gasteiger partial charge in [-0.05, 0) is 37.1 Å². The molecule has 1 N–H and O–H groups in total. The number of rotatable bonds is 5. The molecule has 0 aliphatic carbocycles. The summed E-state index contributed by atoms with van der Waals surface area (Å²) in [5, 5.41) is 3.27. The minimum atomic E-state index is 0.110. The van der Waals surface area contributed by atoms with Crippen molar-refractivity contribution in [2.24, 2.45) is 11.8 Å². The second-order valence-corrected chi connectivity index (χ2v) is 5.67. The van der Waals surface area contributed by atoms with Crippen molar-refractivity contribution in [2.45, 2.75) is 13.8 Å². The number of likely N-dealkylation sites (N-methyl/N-ethyl adjacent to an activating group) is 1. The molecule has 1 aliphatic rings. The maximum atomic E-state index is 12.3. The largest absolute Gasteiger partial charge is 0.492 e. The van der Waals surface area contributed by atoms with Gasteiger partial charge in [0.2, 0.25) is 5.91 Å². The van der Waals surface area contributed by atoms with Crippen molar-refractivity contribution < 1.29 is 9.53 Å². The fourth-order valence-electron chi connectivity index (χ4n) is 2.54. The second kappa shape index (κ2) is 6.75.